The lowest BCUT2D eigenvalue weighted by atomic mass is 9.69. The number of piperidine rings is 1. The zero-order valence-electron chi connectivity index (χ0n) is 16.9. The Morgan fingerprint density at radius 3 is 2.46 bits per heavy atom. The fourth-order valence-corrected chi connectivity index (χ4v) is 4.40. The fourth-order valence-electron chi connectivity index (χ4n) is 4.40. The molecule has 0 radical (unpaired) electrons. The lowest BCUT2D eigenvalue weighted by Gasteiger charge is -2.44. The molecule has 3 rings (SSSR count). The van der Waals surface area contributed by atoms with Gasteiger partial charge in [0.15, 0.2) is 0 Å². The Kier molecular flexibility index (Phi) is 6.87. The number of likely N-dealkylation sites (tertiary alicyclic amines) is 1. The maximum absolute atomic E-state index is 13.2. The van der Waals surface area contributed by atoms with Crippen LogP contribution in [-0.4, -0.2) is 36.2 Å². The second kappa shape index (κ2) is 9.35. The van der Waals surface area contributed by atoms with Crippen molar-refractivity contribution in [3.8, 4) is 0 Å². The van der Waals surface area contributed by atoms with Gasteiger partial charge < -0.3 is 14.7 Å². The summed E-state index contributed by atoms with van der Waals surface area (Å²) in [5.41, 5.74) is 3.33. The van der Waals surface area contributed by atoms with Crippen molar-refractivity contribution in [2.75, 3.05) is 20.3 Å². The summed E-state index contributed by atoms with van der Waals surface area (Å²) in [6.45, 7) is 3.60. The monoisotopic (exact) mass is 381 g/mol. The van der Waals surface area contributed by atoms with Crippen molar-refractivity contribution in [3.63, 3.8) is 0 Å². The van der Waals surface area contributed by atoms with Crippen molar-refractivity contribution in [2.45, 2.75) is 50.7 Å². The Bertz CT molecular complexity index is 759. The maximum Gasteiger partial charge on any atom is 0.223 e. The molecule has 1 N–H and O–H groups in total. The molecule has 28 heavy (non-hydrogen) atoms. The van der Waals surface area contributed by atoms with Gasteiger partial charge in [0.25, 0.3) is 0 Å². The molecular weight excluding hydrogens is 350 g/mol. The molecule has 2 atom stereocenters. The highest BCUT2D eigenvalue weighted by Gasteiger charge is 2.41. The minimum atomic E-state index is -0.167. The smallest absolute Gasteiger partial charge is 0.223 e. The van der Waals surface area contributed by atoms with E-state index >= 15 is 0 Å². The molecule has 0 saturated carbocycles. The summed E-state index contributed by atoms with van der Waals surface area (Å²) >= 11 is 0. The first-order valence-electron chi connectivity index (χ1n) is 10.1. The van der Waals surface area contributed by atoms with E-state index in [1.54, 1.807) is 7.11 Å². The van der Waals surface area contributed by atoms with Gasteiger partial charge in [0.2, 0.25) is 5.91 Å². The van der Waals surface area contributed by atoms with E-state index in [2.05, 4.69) is 43.3 Å². The Morgan fingerprint density at radius 2 is 1.86 bits per heavy atom. The number of benzene rings is 2. The number of rotatable bonds is 8. The molecule has 2 aromatic carbocycles. The lowest BCUT2D eigenvalue weighted by molar-refractivity contribution is -0.138. The molecule has 1 heterocycles. The molecule has 1 amide bonds. The number of nitrogens with zero attached hydrogens (tertiary/aromatic N) is 1. The van der Waals surface area contributed by atoms with Crippen LogP contribution in [0.5, 0.6) is 0 Å². The highest BCUT2D eigenvalue weighted by atomic mass is 16.5. The number of ether oxygens (including phenoxy) is 1. The zero-order chi connectivity index (χ0) is 20.0. The van der Waals surface area contributed by atoms with Crippen LogP contribution in [0.1, 0.15) is 55.3 Å². The predicted octanol–water partition coefficient (Wildman–Crippen LogP) is 4.23. The molecule has 0 aromatic heterocycles. The molecule has 4 heteroatoms. The van der Waals surface area contributed by atoms with E-state index in [4.69, 9.17) is 4.74 Å². The Morgan fingerprint density at radius 1 is 1.14 bits per heavy atom. The van der Waals surface area contributed by atoms with Gasteiger partial charge in [-0.15, -0.1) is 0 Å². The molecule has 1 unspecified atom stereocenters. The van der Waals surface area contributed by atoms with E-state index in [0.29, 0.717) is 13.0 Å². The number of methoxy groups -OCH3 is 1. The van der Waals surface area contributed by atoms with E-state index < -0.39 is 0 Å². The molecule has 0 spiro atoms. The van der Waals surface area contributed by atoms with Crippen LogP contribution in [0, 0.1) is 0 Å². The zero-order valence-corrected chi connectivity index (χ0v) is 16.9. The van der Waals surface area contributed by atoms with Crippen LogP contribution in [0.3, 0.4) is 0 Å². The number of aliphatic hydroxyl groups is 1. The second-order valence-electron chi connectivity index (χ2n) is 7.84. The van der Waals surface area contributed by atoms with Gasteiger partial charge in [0.1, 0.15) is 0 Å². The van der Waals surface area contributed by atoms with Crippen molar-refractivity contribution in [1.29, 1.82) is 0 Å². The molecule has 1 aliphatic rings. The summed E-state index contributed by atoms with van der Waals surface area (Å²) < 4.78 is 5.18. The molecule has 1 fully saturated rings. The van der Waals surface area contributed by atoms with Gasteiger partial charge in [-0.3, -0.25) is 4.79 Å². The van der Waals surface area contributed by atoms with Gasteiger partial charge in [-0.05, 0) is 42.9 Å². The van der Waals surface area contributed by atoms with Gasteiger partial charge in [-0.1, -0.05) is 54.6 Å². The topological polar surface area (TPSA) is 49.8 Å². The first-order valence-corrected chi connectivity index (χ1v) is 10.1. The molecule has 0 bridgehead atoms. The van der Waals surface area contributed by atoms with Crippen LogP contribution in [0.25, 0.3) is 0 Å². The summed E-state index contributed by atoms with van der Waals surface area (Å²) in [5, 5.41) is 9.37. The van der Waals surface area contributed by atoms with Crippen LogP contribution in [0.15, 0.2) is 54.6 Å². The van der Waals surface area contributed by atoms with Gasteiger partial charge in [0, 0.05) is 32.1 Å². The molecule has 2 aromatic rings. The third kappa shape index (κ3) is 4.45. The minimum absolute atomic E-state index is 0.0516. The van der Waals surface area contributed by atoms with Crippen molar-refractivity contribution in [1.82, 2.24) is 4.90 Å². The lowest BCUT2D eigenvalue weighted by Crippen LogP contribution is -2.47. The quantitative estimate of drug-likeness (QED) is 0.745. The van der Waals surface area contributed by atoms with Gasteiger partial charge in [0.05, 0.1) is 12.6 Å². The number of carbonyl (C=O) groups is 1. The van der Waals surface area contributed by atoms with Crippen molar-refractivity contribution >= 4 is 5.91 Å². The van der Waals surface area contributed by atoms with E-state index in [1.165, 1.54) is 5.56 Å². The highest BCUT2D eigenvalue weighted by Crippen LogP contribution is 2.41. The summed E-state index contributed by atoms with van der Waals surface area (Å²) in [6.07, 6.45) is 2.99. The first kappa shape index (κ1) is 20.6. The third-order valence-electron chi connectivity index (χ3n) is 6.08. The van der Waals surface area contributed by atoms with E-state index in [9.17, 15) is 9.90 Å². The molecule has 4 nitrogen and oxygen atoms in total. The van der Waals surface area contributed by atoms with Crippen molar-refractivity contribution < 1.29 is 14.6 Å². The Balaban J connectivity index is 1.76. The third-order valence-corrected chi connectivity index (χ3v) is 6.08. The fraction of sp³-hybridized carbons (Fsp3) is 0.458. The Hall–Kier alpha value is -2.17. The van der Waals surface area contributed by atoms with Gasteiger partial charge in [-0.2, -0.15) is 0 Å². The van der Waals surface area contributed by atoms with Crippen LogP contribution in [-0.2, 0) is 21.6 Å². The minimum Gasteiger partial charge on any atom is -0.396 e. The number of carbonyl (C=O) groups excluding carboxylic acids is 1. The van der Waals surface area contributed by atoms with Crippen LogP contribution >= 0.6 is 0 Å². The normalized spacial score (nSPS) is 21.0. The van der Waals surface area contributed by atoms with Crippen molar-refractivity contribution in [2.24, 2.45) is 0 Å². The second-order valence-corrected chi connectivity index (χ2v) is 7.84. The van der Waals surface area contributed by atoms with E-state index in [1.807, 2.05) is 23.1 Å². The molecule has 1 saturated heterocycles. The average molecular weight is 382 g/mol. The Labute approximate surface area is 168 Å². The summed E-state index contributed by atoms with van der Waals surface area (Å²) in [7, 11) is 1.69. The summed E-state index contributed by atoms with van der Waals surface area (Å²) in [5.74, 6) is 0.196. The highest BCUT2D eigenvalue weighted by molar-refractivity contribution is 5.79. The SMILES string of the molecule is COCc1ccc([C@H](C)N2CCC(CCCO)(c3ccccc3)CC2=O)cc1. The predicted molar refractivity (Wildman–Crippen MR) is 111 cm³/mol. The van der Waals surface area contributed by atoms with E-state index in [0.717, 1.165) is 36.9 Å². The van der Waals surface area contributed by atoms with E-state index in [-0.39, 0.29) is 24.0 Å². The van der Waals surface area contributed by atoms with Crippen LogP contribution in [0.2, 0.25) is 0 Å². The molecule has 150 valence electrons. The van der Waals surface area contributed by atoms with Gasteiger partial charge in [-0.25, -0.2) is 0 Å². The van der Waals surface area contributed by atoms with Crippen LogP contribution < -0.4 is 0 Å². The summed E-state index contributed by atoms with van der Waals surface area (Å²) in [6, 6.07) is 18.7. The first-order chi connectivity index (χ1) is 13.6. The largest absolute Gasteiger partial charge is 0.396 e. The maximum atomic E-state index is 13.2. The van der Waals surface area contributed by atoms with Crippen molar-refractivity contribution in [3.05, 3.63) is 71.3 Å². The molecular formula is C24H31NO3. The standard InChI is InChI=1S/C24H31NO3/c1-19(21-11-9-20(10-12-21)18-28-2)25-15-14-24(13-6-16-26,17-23(25)27)22-7-4-3-5-8-22/h3-5,7-12,19,26H,6,13-18H2,1-2H3/t19-,24?/m0/s1. The number of amides is 1. The molecule has 1 aliphatic heterocycles. The number of hydrogen-bond acceptors (Lipinski definition) is 3. The van der Waals surface area contributed by atoms with Gasteiger partial charge >= 0.3 is 0 Å². The van der Waals surface area contributed by atoms with Crippen LogP contribution in [0.4, 0.5) is 0 Å². The number of aliphatic hydroxyl groups excluding tert-OH is 1. The number of hydrogen-bond donors (Lipinski definition) is 1. The summed E-state index contributed by atoms with van der Waals surface area (Å²) in [4.78, 5) is 15.2. The molecule has 0 aliphatic carbocycles. The average Bonchev–Trinajstić information content (AvgIpc) is 2.73.